The van der Waals surface area contributed by atoms with Gasteiger partial charge in [0, 0.05) is 37.3 Å². The van der Waals surface area contributed by atoms with E-state index in [0.29, 0.717) is 5.56 Å². The molecule has 172 valence electrons. The van der Waals surface area contributed by atoms with Crippen molar-refractivity contribution in [2.24, 2.45) is 5.92 Å². The first-order valence-electron chi connectivity index (χ1n) is 10.1. The summed E-state index contributed by atoms with van der Waals surface area (Å²) in [7, 11) is -3.43. The highest BCUT2D eigenvalue weighted by molar-refractivity contribution is 7.88. The van der Waals surface area contributed by atoms with Crippen molar-refractivity contribution in [2.75, 3.05) is 11.4 Å². The number of hydrogen-bond acceptors (Lipinski definition) is 4. The fraction of sp³-hybridized carbons (Fsp3) is 0.364. The van der Waals surface area contributed by atoms with Gasteiger partial charge in [0.25, 0.3) is 0 Å². The summed E-state index contributed by atoms with van der Waals surface area (Å²) in [4.78, 5) is 26.0. The highest BCUT2D eigenvalue weighted by Crippen LogP contribution is 2.26. The molecule has 0 saturated carbocycles. The molecule has 0 aromatic heterocycles. The zero-order valence-electron chi connectivity index (χ0n) is 17.8. The fourth-order valence-electron chi connectivity index (χ4n) is 3.53. The monoisotopic (exact) mass is 465 g/mol. The first-order valence-corrected chi connectivity index (χ1v) is 11.8. The van der Waals surface area contributed by atoms with Gasteiger partial charge in [-0.1, -0.05) is 24.3 Å². The molecule has 2 amide bonds. The van der Waals surface area contributed by atoms with E-state index in [2.05, 4.69) is 10.0 Å². The minimum Gasteiger partial charge on any atom is -0.352 e. The fourth-order valence-corrected chi connectivity index (χ4v) is 4.97. The number of halogens is 2. The number of nitrogens with zero attached hydrogens (tertiary/aromatic N) is 1. The number of carbonyl (C=O) groups excluding carboxylic acids is 2. The number of anilines is 1. The highest BCUT2D eigenvalue weighted by Gasteiger charge is 2.35. The lowest BCUT2D eigenvalue weighted by molar-refractivity contribution is -0.126. The van der Waals surface area contributed by atoms with Crippen molar-refractivity contribution in [1.29, 1.82) is 0 Å². The van der Waals surface area contributed by atoms with Gasteiger partial charge in [0.1, 0.15) is 11.6 Å². The number of hydrogen-bond donors (Lipinski definition) is 2. The minimum absolute atomic E-state index is 0.0349. The third-order valence-electron chi connectivity index (χ3n) is 4.92. The summed E-state index contributed by atoms with van der Waals surface area (Å²) in [6.45, 7) is 3.73. The van der Waals surface area contributed by atoms with Crippen molar-refractivity contribution in [3.8, 4) is 0 Å². The third kappa shape index (κ3) is 6.33. The van der Waals surface area contributed by atoms with Crippen molar-refractivity contribution in [3.63, 3.8) is 0 Å². The largest absolute Gasteiger partial charge is 0.352 e. The van der Waals surface area contributed by atoms with Crippen molar-refractivity contribution in [3.05, 3.63) is 65.2 Å². The molecule has 1 atom stereocenters. The van der Waals surface area contributed by atoms with Crippen LogP contribution in [0.4, 0.5) is 14.5 Å². The molecule has 1 unspecified atom stereocenters. The lowest BCUT2D eigenvalue weighted by Gasteiger charge is -2.17. The summed E-state index contributed by atoms with van der Waals surface area (Å²) in [5.41, 5.74) is 1.47. The maximum atomic E-state index is 13.5. The quantitative estimate of drug-likeness (QED) is 0.626. The Morgan fingerprint density at radius 2 is 1.69 bits per heavy atom. The van der Waals surface area contributed by atoms with Gasteiger partial charge in [-0.2, -0.15) is 0 Å². The molecule has 0 bridgehead atoms. The Balaban J connectivity index is 1.55. The topological polar surface area (TPSA) is 95.6 Å². The van der Waals surface area contributed by atoms with E-state index in [-0.39, 0.29) is 48.8 Å². The van der Waals surface area contributed by atoms with E-state index in [1.54, 1.807) is 38.1 Å². The average Bonchev–Trinajstić information content (AvgIpc) is 3.07. The predicted octanol–water partition coefficient (Wildman–Crippen LogP) is 2.46. The van der Waals surface area contributed by atoms with Crippen LogP contribution in [0.15, 0.2) is 42.5 Å². The molecule has 2 N–H and O–H groups in total. The number of sulfonamides is 1. The Morgan fingerprint density at radius 3 is 2.28 bits per heavy atom. The summed E-state index contributed by atoms with van der Waals surface area (Å²) in [5, 5.41) is 2.75. The molecule has 1 aliphatic heterocycles. The van der Waals surface area contributed by atoms with E-state index in [1.807, 2.05) is 0 Å². The van der Waals surface area contributed by atoms with E-state index < -0.39 is 27.6 Å². The number of amides is 2. The molecule has 1 saturated heterocycles. The average molecular weight is 466 g/mol. The number of rotatable bonds is 8. The smallest absolute Gasteiger partial charge is 0.227 e. The van der Waals surface area contributed by atoms with Gasteiger partial charge in [0.15, 0.2) is 0 Å². The molecule has 0 aliphatic carbocycles. The Labute approximate surface area is 185 Å². The second-order valence-electron chi connectivity index (χ2n) is 8.10. The molecule has 1 aliphatic rings. The predicted molar refractivity (Wildman–Crippen MR) is 116 cm³/mol. The van der Waals surface area contributed by atoms with Crippen molar-refractivity contribution < 1.29 is 26.8 Å². The molecule has 1 heterocycles. The molecule has 0 radical (unpaired) electrons. The van der Waals surface area contributed by atoms with E-state index in [1.165, 1.54) is 4.90 Å². The lowest BCUT2D eigenvalue weighted by atomic mass is 10.1. The van der Waals surface area contributed by atoms with Crippen LogP contribution in [-0.4, -0.2) is 32.8 Å². The molecule has 1 fully saturated rings. The van der Waals surface area contributed by atoms with Crippen LogP contribution >= 0.6 is 0 Å². The third-order valence-corrected chi connectivity index (χ3v) is 6.46. The molecular formula is C22H25F2N3O4S. The number of nitrogens with one attached hydrogen (secondary N) is 2. The molecule has 2 aromatic rings. The standard InChI is InChI=1S/C22H25F2N3O4S/c1-14(2)26-32(30,31)13-16-5-3-15(4-6-16)11-25-22(29)17-7-21(28)27(12-17)20-9-18(23)8-19(24)10-20/h3-6,8-10,14,17,26H,7,11-13H2,1-2H3,(H,25,29). The van der Waals surface area contributed by atoms with Crippen LogP contribution in [0.2, 0.25) is 0 Å². The zero-order chi connectivity index (χ0) is 23.5. The van der Waals surface area contributed by atoms with Gasteiger partial charge in [0.2, 0.25) is 21.8 Å². The first kappa shape index (κ1) is 23.8. The Kier molecular flexibility index (Phi) is 7.25. The van der Waals surface area contributed by atoms with E-state index in [9.17, 15) is 26.8 Å². The van der Waals surface area contributed by atoms with E-state index in [0.717, 1.165) is 23.8 Å². The van der Waals surface area contributed by atoms with Crippen LogP contribution in [0.1, 0.15) is 31.4 Å². The Morgan fingerprint density at radius 1 is 1.09 bits per heavy atom. The van der Waals surface area contributed by atoms with Gasteiger partial charge in [-0.25, -0.2) is 21.9 Å². The molecule has 32 heavy (non-hydrogen) atoms. The SMILES string of the molecule is CC(C)NS(=O)(=O)Cc1ccc(CNC(=O)C2CC(=O)N(c3cc(F)cc(F)c3)C2)cc1. The van der Waals surface area contributed by atoms with Crippen LogP contribution in [0.3, 0.4) is 0 Å². The summed E-state index contributed by atoms with van der Waals surface area (Å²) >= 11 is 0. The Bertz CT molecular complexity index is 1080. The van der Waals surface area contributed by atoms with Gasteiger partial charge in [-0.3, -0.25) is 9.59 Å². The van der Waals surface area contributed by atoms with E-state index >= 15 is 0 Å². The van der Waals surface area contributed by atoms with Gasteiger partial charge >= 0.3 is 0 Å². The van der Waals surface area contributed by atoms with Gasteiger partial charge in [-0.05, 0) is 37.1 Å². The lowest BCUT2D eigenvalue weighted by Crippen LogP contribution is -2.32. The second-order valence-corrected chi connectivity index (χ2v) is 9.85. The molecule has 2 aromatic carbocycles. The van der Waals surface area contributed by atoms with Gasteiger partial charge in [0.05, 0.1) is 11.7 Å². The van der Waals surface area contributed by atoms with Gasteiger partial charge in [-0.15, -0.1) is 0 Å². The number of benzene rings is 2. The van der Waals surface area contributed by atoms with Crippen LogP contribution in [-0.2, 0) is 31.9 Å². The maximum absolute atomic E-state index is 13.5. The zero-order valence-corrected chi connectivity index (χ0v) is 18.6. The first-order chi connectivity index (χ1) is 15.0. The minimum atomic E-state index is -3.43. The summed E-state index contributed by atoms with van der Waals surface area (Å²) in [5.74, 6) is -3.09. The second kappa shape index (κ2) is 9.74. The molecular weight excluding hydrogens is 440 g/mol. The maximum Gasteiger partial charge on any atom is 0.227 e. The van der Waals surface area contributed by atoms with Crippen molar-refractivity contribution in [2.45, 2.75) is 38.6 Å². The number of carbonyl (C=O) groups is 2. The normalized spacial score (nSPS) is 16.6. The molecule has 10 heteroatoms. The summed E-state index contributed by atoms with van der Waals surface area (Å²) in [6, 6.07) is 9.45. The molecule has 0 spiro atoms. The molecule has 7 nitrogen and oxygen atoms in total. The van der Waals surface area contributed by atoms with Crippen LogP contribution < -0.4 is 14.9 Å². The van der Waals surface area contributed by atoms with Gasteiger partial charge < -0.3 is 10.2 Å². The Hall–Kier alpha value is -2.85. The summed E-state index contributed by atoms with van der Waals surface area (Å²) in [6.07, 6.45) is -0.0520. The van der Waals surface area contributed by atoms with E-state index in [4.69, 9.17) is 0 Å². The van der Waals surface area contributed by atoms with Crippen molar-refractivity contribution >= 4 is 27.5 Å². The van der Waals surface area contributed by atoms with Crippen LogP contribution in [0.5, 0.6) is 0 Å². The van der Waals surface area contributed by atoms with Crippen LogP contribution in [0.25, 0.3) is 0 Å². The molecule has 3 rings (SSSR count). The highest BCUT2D eigenvalue weighted by atomic mass is 32.2. The summed E-state index contributed by atoms with van der Waals surface area (Å²) < 4.78 is 53.4. The van der Waals surface area contributed by atoms with Crippen molar-refractivity contribution in [1.82, 2.24) is 10.0 Å². The van der Waals surface area contributed by atoms with Crippen LogP contribution in [0, 0.1) is 17.6 Å².